The minimum Gasteiger partial charge on any atom is -0.494 e. The molecule has 0 atom stereocenters. The van der Waals surface area contributed by atoms with Crippen molar-refractivity contribution in [3.8, 4) is 28.1 Å². The van der Waals surface area contributed by atoms with Crippen LogP contribution in [0.5, 0.6) is 5.75 Å². The van der Waals surface area contributed by atoms with Gasteiger partial charge in [-0.15, -0.1) is 0 Å². The Hall–Kier alpha value is -2.68. The quantitative estimate of drug-likeness (QED) is 0.237. The van der Waals surface area contributed by atoms with Gasteiger partial charge in [0.2, 0.25) is 0 Å². The normalized spacial score (nSPS) is 10.9. The average Bonchev–Trinajstić information content (AvgIpc) is 2.84. The Morgan fingerprint density at radius 2 is 1.19 bits per heavy atom. The van der Waals surface area contributed by atoms with Gasteiger partial charge in [0.1, 0.15) is 11.6 Å². The lowest BCUT2D eigenvalue weighted by atomic mass is 10.1. The van der Waals surface area contributed by atoms with Crippen molar-refractivity contribution in [1.82, 2.24) is 4.98 Å². The molecule has 170 valence electrons. The molecular formula is C29H36FNO. The summed E-state index contributed by atoms with van der Waals surface area (Å²) < 4.78 is 19.0. The summed E-state index contributed by atoms with van der Waals surface area (Å²) in [4.78, 5) is 4.53. The molecule has 2 nitrogen and oxygen atoms in total. The van der Waals surface area contributed by atoms with Crippen molar-refractivity contribution in [2.45, 2.75) is 71.1 Å². The Kier molecular flexibility index (Phi) is 10.2. The number of halogens is 1. The van der Waals surface area contributed by atoms with E-state index in [0.29, 0.717) is 0 Å². The van der Waals surface area contributed by atoms with Crippen molar-refractivity contribution in [3.05, 3.63) is 72.7 Å². The van der Waals surface area contributed by atoms with Crippen LogP contribution in [-0.2, 0) is 0 Å². The van der Waals surface area contributed by atoms with Gasteiger partial charge in [0.15, 0.2) is 0 Å². The Morgan fingerprint density at radius 1 is 0.625 bits per heavy atom. The predicted molar refractivity (Wildman–Crippen MR) is 132 cm³/mol. The van der Waals surface area contributed by atoms with Crippen molar-refractivity contribution in [2.24, 2.45) is 0 Å². The lowest BCUT2D eigenvalue weighted by Gasteiger charge is -2.08. The molecule has 0 saturated heterocycles. The van der Waals surface area contributed by atoms with Gasteiger partial charge in [-0.1, -0.05) is 82.9 Å². The molecule has 1 aromatic heterocycles. The molecule has 0 aliphatic heterocycles. The number of nitrogens with zero attached hydrogens (tertiary/aromatic N) is 1. The highest BCUT2D eigenvalue weighted by molar-refractivity contribution is 5.67. The number of pyridine rings is 1. The van der Waals surface area contributed by atoms with Gasteiger partial charge in [-0.3, -0.25) is 4.98 Å². The van der Waals surface area contributed by atoms with E-state index >= 15 is 0 Å². The highest BCUT2D eigenvalue weighted by Crippen LogP contribution is 2.25. The fraction of sp³-hybridized carbons (Fsp3) is 0.414. The van der Waals surface area contributed by atoms with Gasteiger partial charge in [0.25, 0.3) is 0 Å². The van der Waals surface area contributed by atoms with Crippen molar-refractivity contribution >= 4 is 0 Å². The summed E-state index contributed by atoms with van der Waals surface area (Å²) in [7, 11) is 0. The van der Waals surface area contributed by atoms with Crippen LogP contribution < -0.4 is 4.74 Å². The van der Waals surface area contributed by atoms with Gasteiger partial charge in [0.05, 0.1) is 12.3 Å². The summed E-state index contributed by atoms with van der Waals surface area (Å²) in [5.41, 5.74) is 3.91. The van der Waals surface area contributed by atoms with E-state index in [1.807, 2.05) is 30.5 Å². The first-order chi connectivity index (χ1) is 15.8. The zero-order valence-electron chi connectivity index (χ0n) is 19.4. The summed E-state index contributed by atoms with van der Waals surface area (Å²) >= 11 is 0. The number of benzene rings is 2. The van der Waals surface area contributed by atoms with Gasteiger partial charge in [-0.25, -0.2) is 4.39 Å². The first-order valence-electron chi connectivity index (χ1n) is 12.2. The molecule has 0 fully saturated rings. The fourth-order valence-corrected chi connectivity index (χ4v) is 3.88. The molecule has 0 aliphatic carbocycles. The summed E-state index contributed by atoms with van der Waals surface area (Å²) in [6, 6.07) is 18.6. The Balaban J connectivity index is 1.35. The summed E-state index contributed by atoms with van der Waals surface area (Å²) in [6.07, 6.45) is 15.2. The molecule has 0 amide bonds. The molecule has 0 saturated carbocycles. The minimum atomic E-state index is -0.235. The molecule has 1 heterocycles. The summed E-state index contributed by atoms with van der Waals surface area (Å²) in [5.74, 6) is 0.682. The third-order valence-electron chi connectivity index (χ3n) is 5.86. The van der Waals surface area contributed by atoms with Crippen LogP contribution in [-0.4, -0.2) is 11.6 Å². The van der Waals surface area contributed by atoms with E-state index in [9.17, 15) is 4.39 Å². The predicted octanol–water partition coefficient (Wildman–Crippen LogP) is 8.85. The van der Waals surface area contributed by atoms with Gasteiger partial charge in [0, 0.05) is 17.3 Å². The van der Waals surface area contributed by atoms with Crippen LogP contribution in [0.2, 0.25) is 0 Å². The maximum absolute atomic E-state index is 13.1. The van der Waals surface area contributed by atoms with Crippen LogP contribution in [0.3, 0.4) is 0 Å². The van der Waals surface area contributed by atoms with Crippen molar-refractivity contribution in [3.63, 3.8) is 0 Å². The largest absolute Gasteiger partial charge is 0.494 e. The number of hydrogen-bond acceptors (Lipinski definition) is 2. The average molecular weight is 434 g/mol. The van der Waals surface area contributed by atoms with Gasteiger partial charge < -0.3 is 4.74 Å². The van der Waals surface area contributed by atoms with E-state index in [1.165, 1.54) is 69.9 Å². The molecule has 3 aromatic rings. The van der Waals surface area contributed by atoms with Crippen molar-refractivity contribution in [2.75, 3.05) is 6.61 Å². The number of rotatable bonds is 14. The van der Waals surface area contributed by atoms with E-state index in [0.717, 1.165) is 41.2 Å². The maximum atomic E-state index is 13.1. The van der Waals surface area contributed by atoms with E-state index in [1.54, 1.807) is 12.1 Å². The van der Waals surface area contributed by atoms with Crippen LogP contribution in [0.15, 0.2) is 66.9 Å². The highest BCUT2D eigenvalue weighted by Gasteiger charge is 2.03. The molecule has 0 spiro atoms. The Morgan fingerprint density at radius 3 is 1.78 bits per heavy atom. The second-order valence-electron chi connectivity index (χ2n) is 8.49. The molecule has 2 aromatic carbocycles. The van der Waals surface area contributed by atoms with Crippen LogP contribution in [0.4, 0.5) is 4.39 Å². The van der Waals surface area contributed by atoms with Crippen LogP contribution in [0, 0.1) is 5.82 Å². The molecule has 0 bridgehead atoms. The van der Waals surface area contributed by atoms with Crippen molar-refractivity contribution < 1.29 is 9.13 Å². The Bertz CT molecular complexity index is 888. The molecule has 3 heteroatoms. The molecule has 0 unspecified atom stereocenters. The monoisotopic (exact) mass is 433 g/mol. The lowest BCUT2D eigenvalue weighted by molar-refractivity contribution is 0.304. The Labute approximate surface area is 192 Å². The van der Waals surface area contributed by atoms with E-state index in [4.69, 9.17) is 4.74 Å². The lowest BCUT2D eigenvalue weighted by Crippen LogP contribution is -1.97. The number of hydrogen-bond donors (Lipinski definition) is 0. The maximum Gasteiger partial charge on any atom is 0.123 e. The number of ether oxygens (including phenoxy) is 1. The second kappa shape index (κ2) is 13.7. The van der Waals surface area contributed by atoms with Crippen LogP contribution in [0.25, 0.3) is 22.4 Å². The molecule has 0 radical (unpaired) electrons. The minimum absolute atomic E-state index is 0.235. The fourth-order valence-electron chi connectivity index (χ4n) is 3.88. The van der Waals surface area contributed by atoms with Crippen molar-refractivity contribution in [1.29, 1.82) is 0 Å². The van der Waals surface area contributed by atoms with E-state index < -0.39 is 0 Å². The summed E-state index contributed by atoms with van der Waals surface area (Å²) in [5, 5.41) is 0. The van der Waals surface area contributed by atoms with Crippen LogP contribution in [0.1, 0.15) is 71.1 Å². The number of aromatic nitrogens is 1. The third kappa shape index (κ3) is 8.11. The molecule has 3 rings (SSSR count). The SMILES string of the molecule is CCCCCCCCCCCCOc1ccc(-c2ccc(-c3ccc(F)cc3)nc2)cc1. The first-order valence-corrected chi connectivity index (χ1v) is 12.2. The zero-order valence-corrected chi connectivity index (χ0v) is 19.4. The van der Waals surface area contributed by atoms with Gasteiger partial charge in [-0.05, 0) is 54.4 Å². The van der Waals surface area contributed by atoms with Gasteiger partial charge in [-0.2, -0.15) is 0 Å². The highest BCUT2D eigenvalue weighted by atomic mass is 19.1. The molecule has 0 N–H and O–H groups in total. The second-order valence-corrected chi connectivity index (χ2v) is 8.49. The van der Waals surface area contributed by atoms with E-state index in [-0.39, 0.29) is 5.82 Å². The topological polar surface area (TPSA) is 22.1 Å². The molecule has 0 aliphatic rings. The first kappa shape index (κ1) is 24.0. The third-order valence-corrected chi connectivity index (χ3v) is 5.86. The summed E-state index contributed by atoms with van der Waals surface area (Å²) in [6.45, 7) is 3.05. The molecular weight excluding hydrogens is 397 g/mol. The van der Waals surface area contributed by atoms with E-state index in [2.05, 4.69) is 24.0 Å². The standard InChI is InChI=1S/C29H36FNO/c1-2-3-4-5-6-7-8-9-10-11-22-32-28-19-14-24(15-20-28)26-16-21-29(31-23-26)25-12-17-27(30)18-13-25/h12-21,23H,2-11,22H2,1H3. The van der Waals surface area contributed by atoms with Crippen LogP contribution >= 0.6 is 0 Å². The zero-order chi connectivity index (χ0) is 22.4. The number of unbranched alkanes of at least 4 members (excludes halogenated alkanes) is 9. The smallest absolute Gasteiger partial charge is 0.123 e. The molecule has 32 heavy (non-hydrogen) atoms. The van der Waals surface area contributed by atoms with Gasteiger partial charge >= 0.3 is 0 Å².